The summed E-state index contributed by atoms with van der Waals surface area (Å²) in [5.74, 6) is -0.489. The van der Waals surface area contributed by atoms with Gasteiger partial charge in [0.2, 0.25) is 0 Å². The smallest absolute Gasteiger partial charge is 0.338 e. The van der Waals surface area contributed by atoms with E-state index in [0.29, 0.717) is 12.2 Å². The van der Waals surface area contributed by atoms with Gasteiger partial charge < -0.3 is 29.4 Å². The average molecular weight is 385 g/mol. The third kappa shape index (κ3) is 3.80. The molecular formula is C21H23NO6. The number of carbonyl (C=O) groups excluding carboxylic acids is 1. The Kier molecular flexibility index (Phi) is 5.70. The molecule has 2 aromatic rings. The van der Waals surface area contributed by atoms with E-state index in [2.05, 4.69) is 0 Å². The van der Waals surface area contributed by atoms with E-state index >= 15 is 0 Å². The Labute approximate surface area is 163 Å². The Morgan fingerprint density at radius 2 is 1.71 bits per heavy atom. The van der Waals surface area contributed by atoms with Crippen molar-refractivity contribution in [1.82, 2.24) is 0 Å². The summed E-state index contributed by atoms with van der Waals surface area (Å²) < 4.78 is 28.8. The first-order chi connectivity index (χ1) is 13.7. The first-order valence-corrected chi connectivity index (χ1v) is 9.19. The van der Waals surface area contributed by atoms with E-state index in [4.69, 9.17) is 29.4 Å². The lowest BCUT2D eigenvalue weighted by molar-refractivity contribution is -0.337. The van der Waals surface area contributed by atoms with Crippen molar-refractivity contribution in [2.24, 2.45) is 5.73 Å². The highest BCUT2D eigenvalue weighted by atomic mass is 16.8. The van der Waals surface area contributed by atoms with Gasteiger partial charge in [0.15, 0.2) is 18.7 Å². The van der Waals surface area contributed by atoms with Crippen LogP contribution in [0.5, 0.6) is 0 Å². The Bertz CT molecular complexity index is 786. The second-order valence-corrected chi connectivity index (χ2v) is 6.77. The van der Waals surface area contributed by atoms with Gasteiger partial charge in [-0.25, -0.2) is 4.79 Å². The molecule has 2 heterocycles. The van der Waals surface area contributed by atoms with Gasteiger partial charge in [0, 0.05) is 12.7 Å². The van der Waals surface area contributed by atoms with Gasteiger partial charge in [0.25, 0.3) is 0 Å². The molecule has 2 fully saturated rings. The maximum Gasteiger partial charge on any atom is 0.338 e. The fraction of sp³-hybridized carbons (Fsp3) is 0.381. The van der Waals surface area contributed by atoms with Crippen LogP contribution in [0.4, 0.5) is 0 Å². The lowest BCUT2D eigenvalue weighted by Gasteiger charge is -2.47. The van der Waals surface area contributed by atoms with Crippen LogP contribution in [0.3, 0.4) is 0 Å². The number of rotatable bonds is 4. The molecule has 2 aliphatic heterocycles. The summed E-state index contributed by atoms with van der Waals surface area (Å²) >= 11 is 0. The first-order valence-electron chi connectivity index (χ1n) is 9.19. The third-order valence-electron chi connectivity index (χ3n) is 4.95. The number of fused-ring (bicyclic) bond motifs is 1. The Balaban J connectivity index is 1.50. The number of esters is 1. The third-order valence-corrected chi connectivity index (χ3v) is 4.95. The number of ether oxygens (including phenoxy) is 5. The van der Waals surface area contributed by atoms with Crippen molar-refractivity contribution in [3.8, 4) is 0 Å². The van der Waals surface area contributed by atoms with Gasteiger partial charge in [0.05, 0.1) is 18.2 Å². The maximum atomic E-state index is 12.5. The van der Waals surface area contributed by atoms with E-state index in [1.807, 2.05) is 36.4 Å². The van der Waals surface area contributed by atoms with Gasteiger partial charge in [-0.3, -0.25) is 0 Å². The quantitative estimate of drug-likeness (QED) is 0.806. The lowest BCUT2D eigenvalue weighted by atomic mass is 9.95. The molecule has 0 aliphatic carbocycles. The van der Waals surface area contributed by atoms with E-state index in [1.54, 1.807) is 24.3 Å². The zero-order chi connectivity index (χ0) is 19.5. The molecular weight excluding hydrogens is 362 g/mol. The van der Waals surface area contributed by atoms with Gasteiger partial charge in [-0.05, 0) is 12.1 Å². The van der Waals surface area contributed by atoms with E-state index in [1.165, 1.54) is 7.11 Å². The Morgan fingerprint density at radius 1 is 1.04 bits per heavy atom. The molecule has 0 radical (unpaired) electrons. The number of benzene rings is 2. The van der Waals surface area contributed by atoms with Crippen molar-refractivity contribution >= 4 is 5.97 Å². The van der Waals surface area contributed by atoms with Crippen LogP contribution in [0.1, 0.15) is 22.2 Å². The number of hydrogen-bond donors (Lipinski definition) is 1. The number of carbonyl (C=O) groups is 1. The van der Waals surface area contributed by atoms with Gasteiger partial charge >= 0.3 is 5.97 Å². The van der Waals surface area contributed by atoms with Crippen LogP contribution >= 0.6 is 0 Å². The standard InChI is InChI=1S/C21H23NO6/c1-24-21-18(27-19(23)13-8-4-2-5-9-13)16(22)17-15(26-21)12-25-20(28-17)14-10-6-3-7-11-14/h2-11,15-18,20-21H,12,22H2,1H3/t15-,16-,17-,18-,20-,21+/m1/s1. The fourth-order valence-electron chi connectivity index (χ4n) is 3.49. The first kappa shape index (κ1) is 19.0. The van der Waals surface area contributed by atoms with Crippen molar-refractivity contribution in [2.45, 2.75) is 36.9 Å². The van der Waals surface area contributed by atoms with Crippen molar-refractivity contribution in [2.75, 3.05) is 13.7 Å². The molecule has 7 nitrogen and oxygen atoms in total. The van der Waals surface area contributed by atoms with Crippen LogP contribution in [0.25, 0.3) is 0 Å². The van der Waals surface area contributed by atoms with Gasteiger partial charge in [-0.1, -0.05) is 48.5 Å². The summed E-state index contributed by atoms with van der Waals surface area (Å²) in [7, 11) is 1.48. The number of hydrogen-bond acceptors (Lipinski definition) is 7. The minimum atomic E-state index is -0.812. The highest BCUT2D eigenvalue weighted by Crippen LogP contribution is 2.34. The molecule has 4 rings (SSSR count). The molecule has 2 aliphatic rings. The summed E-state index contributed by atoms with van der Waals surface area (Å²) in [6.07, 6.45) is -3.08. The van der Waals surface area contributed by atoms with Crippen LogP contribution in [0, 0.1) is 0 Å². The molecule has 2 N–H and O–H groups in total. The summed E-state index contributed by atoms with van der Waals surface area (Å²) in [6, 6.07) is 17.7. The molecule has 28 heavy (non-hydrogen) atoms. The van der Waals surface area contributed by atoms with Crippen LogP contribution in [-0.2, 0) is 23.7 Å². The van der Waals surface area contributed by atoms with E-state index < -0.39 is 42.9 Å². The van der Waals surface area contributed by atoms with Gasteiger partial charge in [-0.15, -0.1) is 0 Å². The van der Waals surface area contributed by atoms with Crippen molar-refractivity contribution < 1.29 is 28.5 Å². The topological polar surface area (TPSA) is 89.2 Å². The predicted octanol–water partition coefficient (Wildman–Crippen LogP) is 2.02. The normalized spacial score (nSPS) is 32.4. The Hall–Kier alpha value is -2.29. The van der Waals surface area contributed by atoms with Crippen LogP contribution in [-0.4, -0.2) is 50.3 Å². The minimum Gasteiger partial charge on any atom is -0.452 e. The van der Waals surface area contributed by atoms with Crippen LogP contribution in [0.2, 0.25) is 0 Å². The number of methoxy groups -OCH3 is 1. The molecule has 0 aromatic heterocycles. The summed E-state index contributed by atoms with van der Waals surface area (Å²) in [5.41, 5.74) is 7.77. The van der Waals surface area contributed by atoms with Crippen molar-refractivity contribution in [3.05, 3.63) is 71.8 Å². The average Bonchev–Trinajstić information content (AvgIpc) is 2.76. The van der Waals surface area contributed by atoms with E-state index in [-0.39, 0.29) is 0 Å². The Morgan fingerprint density at radius 3 is 2.39 bits per heavy atom. The SMILES string of the molecule is CO[C@H]1O[C@@H]2CO[C@@H](c3ccccc3)O[C@H]2[C@@H](N)[C@H]1OC(=O)c1ccccc1. The summed E-state index contributed by atoms with van der Waals surface area (Å²) in [6.45, 7) is 0.303. The molecule has 0 saturated carbocycles. The number of nitrogens with two attached hydrogens (primary N) is 1. The molecule has 0 unspecified atom stereocenters. The van der Waals surface area contributed by atoms with Gasteiger partial charge in [-0.2, -0.15) is 0 Å². The fourth-order valence-corrected chi connectivity index (χ4v) is 3.49. The largest absolute Gasteiger partial charge is 0.452 e. The maximum absolute atomic E-state index is 12.5. The van der Waals surface area contributed by atoms with Crippen LogP contribution in [0.15, 0.2) is 60.7 Å². The highest BCUT2D eigenvalue weighted by Gasteiger charge is 2.50. The van der Waals surface area contributed by atoms with Gasteiger partial charge in [0.1, 0.15) is 12.2 Å². The molecule has 2 aromatic carbocycles. The van der Waals surface area contributed by atoms with E-state index in [0.717, 1.165) is 5.56 Å². The minimum absolute atomic E-state index is 0.303. The molecule has 148 valence electrons. The lowest BCUT2D eigenvalue weighted by Crippen LogP contribution is -2.66. The van der Waals surface area contributed by atoms with E-state index in [9.17, 15) is 4.79 Å². The second-order valence-electron chi connectivity index (χ2n) is 6.77. The summed E-state index contributed by atoms with van der Waals surface area (Å²) in [4.78, 5) is 12.5. The molecule has 0 amide bonds. The second kappa shape index (κ2) is 8.38. The highest BCUT2D eigenvalue weighted by molar-refractivity contribution is 5.89. The van der Waals surface area contributed by atoms with Crippen molar-refractivity contribution in [1.29, 1.82) is 0 Å². The van der Waals surface area contributed by atoms with Crippen LogP contribution < -0.4 is 5.73 Å². The molecule has 7 heteroatoms. The summed E-state index contributed by atoms with van der Waals surface area (Å²) in [5, 5.41) is 0. The molecule has 0 spiro atoms. The predicted molar refractivity (Wildman–Crippen MR) is 99.3 cm³/mol. The zero-order valence-corrected chi connectivity index (χ0v) is 15.5. The zero-order valence-electron chi connectivity index (χ0n) is 15.5. The monoisotopic (exact) mass is 385 g/mol. The molecule has 0 bridgehead atoms. The molecule has 2 saturated heterocycles. The van der Waals surface area contributed by atoms with Crippen molar-refractivity contribution in [3.63, 3.8) is 0 Å². The molecule has 6 atom stereocenters.